The summed E-state index contributed by atoms with van der Waals surface area (Å²) in [5, 5.41) is 1.35. The van der Waals surface area contributed by atoms with Crippen molar-refractivity contribution in [3.05, 3.63) is 70.4 Å². The first-order valence-corrected chi connectivity index (χ1v) is 8.64. The number of hydrogen-bond acceptors (Lipinski definition) is 4. The molecule has 1 aromatic carbocycles. The average molecular weight is 336 g/mol. The third-order valence-corrected chi connectivity index (χ3v) is 5.08. The van der Waals surface area contributed by atoms with Gasteiger partial charge in [0.15, 0.2) is 5.16 Å². The highest BCUT2D eigenvalue weighted by molar-refractivity contribution is 7.98. The van der Waals surface area contributed by atoms with Crippen molar-refractivity contribution in [2.75, 3.05) is 0 Å². The van der Waals surface area contributed by atoms with Crippen LogP contribution >= 0.6 is 11.8 Å². The fraction of sp³-hybridized carbons (Fsp3) is 0.167. The molecular weight excluding hydrogens is 320 g/mol. The molecule has 0 amide bonds. The van der Waals surface area contributed by atoms with E-state index in [9.17, 15) is 4.79 Å². The van der Waals surface area contributed by atoms with Gasteiger partial charge in [-0.05, 0) is 30.7 Å². The predicted molar refractivity (Wildman–Crippen MR) is 96.5 cm³/mol. The summed E-state index contributed by atoms with van der Waals surface area (Å²) < 4.78 is 3.63. The van der Waals surface area contributed by atoms with Gasteiger partial charge in [-0.3, -0.25) is 9.36 Å². The van der Waals surface area contributed by atoms with Gasteiger partial charge in [-0.2, -0.15) is 0 Å². The van der Waals surface area contributed by atoms with E-state index in [4.69, 9.17) is 0 Å². The van der Waals surface area contributed by atoms with Crippen LogP contribution in [0.2, 0.25) is 0 Å². The molecule has 0 aliphatic heterocycles. The van der Waals surface area contributed by atoms with Gasteiger partial charge in [-0.1, -0.05) is 30.0 Å². The van der Waals surface area contributed by atoms with E-state index < -0.39 is 0 Å². The van der Waals surface area contributed by atoms with Crippen molar-refractivity contribution in [2.24, 2.45) is 7.05 Å². The number of thioether (sulfide) groups is 1. The zero-order chi connectivity index (χ0) is 16.7. The Morgan fingerprint density at radius 2 is 1.96 bits per heavy atom. The largest absolute Gasteiger partial charge is 0.307 e. The maximum Gasteiger partial charge on any atom is 0.261 e. The number of fused-ring (bicyclic) bond motifs is 2. The molecule has 0 spiro atoms. The van der Waals surface area contributed by atoms with E-state index in [1.54, 1.807) is 11.6 Å². The van der Waals surface area contributed by atoms with Crippen LogP contribution in [0.1, 0.15) is 11.3 Å². The monoisotopic (exact) mass is 336 g/mol. The highest BCUT2D eigenvalue weighted by Crippen LogP contribution is 2.22. The van der Waals surface area contributed by atoms with E-state index >= 15 is 0 Å². The van der Waals surface area contributed by atoms with Crippen molar-refractivity contribution in [2.45, 2.75) is 17.8 Å². The van der Waals surface area contributed by atoms with Crippen molar-refractivity contribution in [3.8, 4) is 0 Å². The molecule has 3 heterocycles. The van der Waals surface area contributed by atoms with Gasteiger partial charge in [-0.25, -0.2) is 9.97 Å². The van der Waals surface area contributed by atoms with Crippen molar-refractivity contribution in [1.82, 2.24) is 18.9 Å². The number of nitrogens with zero attached hydrogens (tertiary/aromatic N) is 4. The van der Waals surface area contributed by atoms with Crippen LogP contribution < -0.4 is 5.56 Å². The quantitative estimate of drug-likeness (QED) is 0.426. The third kappa shape index (κ3) is 2.49. The lowest BCUT2D eigenvalue weighted by Gasteiger charge is -2.07. The number of aromatic nitrogens is 4. The zero-order valence-electron chi connectivity index (χ0n) is 13.4. The van der Waals surface area contributed by atoms with Crippen LogP contribution in [0.3, 0.4) is 0 Å². The van der Waals surface area contributed by atoms with Gasteiger partial charge in [-0.15, -0.1) is 0 Å². The molecular formula is C18H16N4OS. The second kappa shape index (κ2) is 5.79. The Bertz CT molecular complexity index is 1110. The summed E-state index contributed by atoms with van der Waals surface area (Å²) in [4.78, 5) is 21.7. The first-order valence-electron chi connectivity index (χ1n) is 7.65. The summed E-state index contributed by atoms with van der Waals surface area (Å²) in [5.41, 5.74) is 3.79. The molecule has 0 N–H and O–H groups in total. The fourth-order valence-corrected chi connectivity index (χ4v) is 3.59. The van der Waals surface area contributed by atoms with Crippen LogP contribution in [0.4, 0.5) is 0 Å². The van der Waals surface area contributed by atoms with E-state index in [0.717, 1.165) is 22.4 Å². The minimum Gasteiger partial charge on any atom is -0.307 e. The Balaban J connectivity index is 1.68. The number of imidazole rings is 1. The summed E-state index contributed by atoms with van der Waals surface area (Å²) in [6.45, 7) is 2.05. The summed E-state index contributed by atoms with van der Waals surface area (Å²) in [7, 11) is 1.76. The zero-order valence-corrected chi connectivity index (χ0v) is 14.2. The summed E-state index contributed by atoms with van der Waals surface area (Å²) in [5.74, 6) is 0.666. The van der Waals surface area contributed by atoms with Crippen LogP contribution in [0, 0.1) is 6.92 Å². The molecule has 0 unspecified atom stereocenters. The number of hydrogen-bond donors (Lipinski definition) is 0. The molecule has 0 aliphatic rings. The second-order valence-corrected chi connectivity index (χ2v) is 6.66. The molecule has 120 valence electrons. The van der Waals surface area contributed by atoms with Gasteiger partial charge < -0.3 is 4.40 Å². The molecule has 0 aliphatic carbocycles. The molecule has 0 fully saturated rings. The maximum absolute atomic E-state index is 12.4. The van der Waals surface area contributed by atoms with Crippen LogP contribution in [0.25, 0.3) is 16.6 Å². The lowest BCUT2D eigenvalue weighted by atomic mass is 10.2. The van der Waals surface area contributed by atoms with Crippen LogP contribution in [0.5, 0.6) is 0 Å². The topological polar surface area (TPSA) is 52.2 Å². The SMILES string of the molecule is Cc1cccn2cc(CSc3nc4ccccc4c(=O)n3C)nc12. The van der Waals surface area contributed by atoms with Crippen LogP contribution in [-0.2, 0) is 12.8 Å². The van der Waals surface area contributed by atoms with Crippen LogP contribution in [0.15, 0.2) is 58.7 Å². The van der Waals surface area contributed by atoms with E-state index in [2.05, 4.69) is 9.97 Å². The number of pyridine rings is 1. The summed E-state index contributed by atoms with van der Waals surface area (Å²) >= 11 is 1.53. The van der Waals surface area contributed by atoms with Crippen LogP contribution in [-0.4, -0.2) is 18.9 Å². The standard InChI is InChI=1S/C18H16N4OS/c1-12-6-5-9-22-10-13(19-16(12)22)11-24-18-20-15-8-4-3-7-14(15)17(23)21(18)2/h3-10H,11H2,1-2H3. The molecule has 4 rings (SSSR count). The molecule has 24 heavy (non-hydrogen) atoms. The summed E-state index contributed by atoms with van der Waals surface area (Å²) in [6.07, 6.45) is 4.02. The van der Waals surface area contributed by atoms with Crippen molar-refractivity contribution in [3.63, 3.8) is 0 Å². The van der Waals surface area contributed by atoms with E-state index in [1.807, 2.05) is 60.1 Å². The van der Waals surface area contributed by atoms with Gasteiger partial charge in [0.2, 0.25) is 0 Å². The molecule has 5 nitrogen and oxygen atoms in total. The molecule has 0 bridgehead atoms. The van der Waals surface area contributed by atoms with E-state index in [1.165, 1.54) is 11.8 Å². The highest BCUT2D eigenvalue weighted by atomic mass is 32.2. The average Bonchev–Trinajstić information content (AvgIpc) is 3.01. The first-order chi connectivity index (χ1) is 11.6. The minimum absolute atomic E-state index is 0.0195. The van der Waals surface area contributed by atoms with E-state index in [-0.39, 0.29) is 5.56 Å². The lowest BCUT2D eigenvalue weighted by molar-refractivity contribution is 0.726. The van der Waals surface area contributed by atoms with Crippen molar-refractivity contribution >= 4 is 28.3 Å². The normalized spacial score (nSPS) is 11.4. The third-order valence-electron chi connectivity index (χ3n) is 4.02. The molecule has 4 aromatic rings. The first kappa shape index (κ1) is 15.0. The molecule has 3 aromatic heterocycles. The Morgan fingerprint density at radius 1 is 1.12 bits per heavy atom. The van der Waals surface area contributed by atoms with Crippen molar-refractivity contribution in [1.29, 1.82) is 0 Å². The van der Waals surface area contributed by atoms with Crippen molar-refractivity contribution < 1.29 is 0 Å². The van der Waals surface area contributed by atoms with Gasteiger partial charge in [0.1, 0.15) is 5.65 Å². The second-order valence-electron chi connectivity index (χ2n) is 5.72. The Kier molecular flexibility index (Phi) is 3.61. The molecule has 0 radical (unpaired) electrons. The molecule has 0 saturated carbocycles. The van der Waals surface area contributed by atoms with Gasteiger partial charge in [0.25, 0.3) is 5.56 Å². The molecule has 0 atom stereocenters. The number of rotatable bonds is 3. The maximum atomic E-state index is 12.4. The number of aryl methyl sites for hydroxylation is 1. The van der Waals surface area contributed by atoms with Gasteiger partial charge in [0, 0.05) is 25.2 Å². The smallest absolute Gasteiger partial charge is 0.261 e. The highest BCUT2D eigenvalue weighted by Gasteiger charge is 2.10. The minimum atomic E-state index is -0.0195. The lowest BCUT2D eigenvalue weighted by Crippen LogP contribution is -2.19. The molecule has 0 saturated heterocycles. The summed E-state index contributed by atoms with van der Waals surface area (Å²) in [6, 6.07) is 11.5. The molecule has 6 heteroatoms. The number of para-hydroxylation sites is 1. The predicted octanol–water partition coefficient (Wildman–Crippen LogP) is 3.18. The number of benzene rings is 1. The Hall–Kier alpha value is -2.60. The Morgan fingerprint density at radius 3 is 2.79 bits per heavy atom. The Labute approximate surface area is 143 Å². The van der Waals surface area contributed by atoms with Gasteiger partial charge >= 0.3 is 0 Å². The van der Waals surface area contributed by atoms with Gasteiger partial charge in [0.05, 0.1) is 16.6 Å². The fourth-order valence-electron chi connectivity index (χ4n) is 2.74. The van der Waals surface area contributed by atoms with E-state index in [0.29, 0.717) is 16.3 Å².